The van der Waals surface area contributed by atoms with E-state index in [0.717, 1.165) is 107 Å². The lowest BCUT2D eigenvalue weighted by Crippen LogP contribution is -2.54. The van der Waals surface area contributed by atoms with Crippen LogP contribution in [-0.2, 0) is 9.59 Å². The summed E-state index contributed by atoms with van der Waals surface area (Å²) < 4.78 is 0. The summed E-state index contributed by atoms with van der Waals surface area (Å²) in [6.45, 7) is 10.4. The molecule has 15 nitrogen and oxygen atoms in total. The third-order valence-corrected chi connectivity index (χ3v) is 14.1. The molecule has 5 fully saturated rings. The zero-order chi connectivity index (χ0) is 41.7. The SMILES string of the molecule is C[C@H]1CC2(CCN(c3cnc(C(=O)N4CCN(CC5CCN(c6ccc7c(c6)C(=O)N(C6CCC(=O)NC6=O)C7=O)CC5)CC4)cn3)CC2)CN1c1ccc(C#N)c(Cl)c1. The van der Waals surface area contributed by atoms with Crippen molar-refractivity contribution in [3.8, 4) is 6.07 Å². The van der Waals surface area contributed by atoms with Crippen LogP contribution in [0.5, 0.6) is 0 Å². The zero-order valence-corrected chi connectivity index (χ0v) is 34.6. The Morgan fingerprint density at radius 3 is 2.28 bits per heavy atom. The van der Waals surface area contributed by atoms with Crippen LogP contribution in [0.15, 0.2) is 48.8 Å². The normalized spacial score (nSPS) is 23.6. The number of hydrogen-bond donors (Lipinski definition) is 1. The molecule has 5 saturated heterocycles. The number of piperidine rings is 3. The number of rotatable bonds is 7. The van der Waals surface area contributed by atoms with Gasteiger partial charge in [-0.05, 0) is 93.2 Å². The third kappa shape index (κ3) is 7.55. The Bertz CT molecular complexity index is 2260. The highest BCUT2D eigenvalue weighted by molar-refractivity contribution is 6.32. The predicted octanol–water partition coefficient (Wildman–Crippen LogP) is 3.96. The van der Waals surface area contributed by atoms with Crippen molar-refractivity contribution in [3.63, 3.8) is 0 Å². The maximum atomic E-state index is 13.5. The molecule has 9 rings (SSSR count). The molecule has 16 heteroatoms. The molecule has 0 saturated carbocycles. The number of aromatic nitrogens is 2. The van der Waals surface area contributed by atoms with Crippen LogP contribution in [0.2, 0.25) is 5.02 Å². The average Bonchev–Trinajstić information content (AvgIpc) is 3.71. The maximum Gasteiger partial charge on any atom is 0.274 e. The van der Waals surface area contributed by atoms with E-state index in [4.69, 9.17) is 16.6 Å². The van der Waals surface area contributed by atoms with Crippen LogP contribution in [0, 0.1) is 22.7 Å². The molecule has 312 valence electrons. The molecular formula is C44H49ClN10O5. The van der Waals surface area contributed by atoms with Gasteiger partial charge in [-0.15, -0.1) is 0 Å². The van der Waals surface area contributed by atoms with E-state index in [9.17, 15) is 29.2 Å². The minimum Gasteiger partial charge on any atom is -0.371 e. The van der Waals surface area contributed by atoms with E-state index < -0.39 is 29.7 Å². The summed E-state index contributed by atoms with van der Waals surface area (Å²) in [6.07, 6.45) is 8.73. The van der Waals surface area contributed by atoms with E-state index in [0.29, 0.717) is 46.9 Å². The molecule has 0 bridgehead atoms. The van der Waals surface area contributed by atoms with Gasteiger partial charge < -0.3 is 19.6 Å². The molecule has 6 aliphatic rings. The Labute approximate surface area is 354 Å². The second-order valence-corrected chi connectivity index (χ2v) is 17.8. The van der Waals surface area contributed by atoms with Gasteiger partial charge >= 0.3 is 0 Å². The summed E-state index contributed by atoms with van der Waals surface area (Å²) in [5, 5.41) is 12.0. The number of carbonyl (C=O) groups is 5. The summed E-state index contributed by atoms with van der Waals surface area (Å²) in [5.74, 6) is -0.773. The first-order valence-electron chi connectivity index (χ1n) is 21.1. The van der Waals surface area contributed by atoms with E-state index in [1.54, 1.807) is 30.6 Å². The summed E-state index contributed by atoms with van der Waals surface area (Å²) in [4.78, 5) is 85.6. The van der Waals surface area contributed by atoms with E-state index in [1.807, 2.05) is 23.1 Å². The minimum atomic E-state index is -0.979. The van der Waals surface area contributed by atoms with E-state index >= 15 is 0 Å². The molecule has 0 radical (unpaired) electrons. The number of imide groups is 2. The van der Waals surface area contributed by atoms with Crippen LogP contribution in [-0.4, -0.2) is 132 Å². The molecule has 2 aromatic carbocycles. The van der Waals surface area contributed by atoms with Gasteiger partial charge in [-0.25, -0.2) is 9.97 Å². The fourth-order valence-corrected chi connectivity index (χ4v) is 10.5. The van der Waals surface area contributed by atoms with Gasteiger partial charge in [0.1, 0.15) is 23.6 Å². The number of nitrogens with one attached hydrogen (secondary N) is 1. The maximum absolute atomic E-state index is 13.5. The number of nitrogens with zero attached hydrogens (tertiary/aromatic N) is 9. The number of anilines is 3. The van der Waals surface area contributed by atoms with Crippen molar-refractivity contribution in [2.24, 2.45) is 11.3 Å². The van der Waals surface area contributed by atoms with Gasteiger partial charge in [0.2, 0.25) is 11.8 Å². The number of benzene rings is 2. The van der Waals surface area contributed by atoms with Crippen molar-refractivity contribution in [1.82, 2.24) is 30.0 Å². The van der Waals surface area contributed by atoms with Crippen LogP contribution in [0.25, 0.3) is 0 Å². The third-order valence-electron chi connectivity index (χ3n) is 13.8. The van der Waals surface area contributed by atoms with E-state index in [2.05, 4.69) is 42.9 Å². The van der Waals surface area contributed by atoms with Crippen LogP contribution >= 0.6 is 11.6 Å². The first-order valence-corrected chi connectivity index (χ1v) is 21.5. The first kappa shape index (κ1) is 39.8. The van der Waals surface area contributed by atoms with Gasteiger partial charge in [-0.2, -0.15) is 5.26 Å². The van der Waals surface area contributed by atoms with Gasteiger partial charge in [0, 0.05) is 89.3 Å². The molecule has 7 heterocycles. The Balaban J connectivity index is 0.717. The Kier molecular flexibility index (Phi) is 10.7. The van der Waals surface area contributed by atoms with Gasteiger partial charge in [0.05, 0.1) is 34.1 Å². The molecular weight excluding hydrogens is 784 g/mol. The number of carbonyl (C=O) groups excluding carboxylic acids is 5. The van der Waals surface area contributed by atoms with Gasteiger partial charge in [-0.3, -0.25) is 39.1 Å². The van der Waals surface area contributed by atoms with Crippen molar-refractivity contribution in [2.45, 2.75) is 64.0 Å². The van der Waals surface area contributed by atoms with E-state index in [-0.39, 0.29) is 29.7 Å². The second kappa shape index (κ2) is 16.1. The molecule has 6 aliphatic heterocycles. The lowest BCUT2D eigenvalue weighted by molar-refractivity contribution is -0.136. The second-order valence-electron chi connectivity index (χ2n) is 17.4. The topological polar surface area (TPSA) is 166 Å². The summed E-state index contributed by atoms with van der Waals surface area (Å²) in [5.41, 5.74) is 3.61. The highest BCUT2D eigenvalue weighted by Gasteiger charge is 2.46. The minimum absolute atomic E-state index is 0.0858. The van der Waals surface area contributed by atoms with Crippen LogP contribution < -0.4 is 20.0 Å². The van der Waals surface area contributed by atoms with Crippen molar-refractivity contribution in [3.05, 3.63) is 76.2 Å². The van der Waals surface area contributed by atoms with Gasteiger partial charge in [0.15, 0.2) is 0 Å². The van der Waals surface area contributed by atoms with Crippen LogP contribution in [0.3, 0.4) is 0 Å². The highest BCUT2D eigenvalue weighted by atomic mass is 35.5. The Morgan fingerprint density at radius 1 is 0.867 bits per heavy atom. The molecule has 60 heavy (non-hydrogen) atoms. The molecule has 1 unspecified atom stereocenters. The molecule has 1 N–H and O–H groups in total. The van der Waals surface area contributed by atoms with Crippen LogP contribution in [0.1, 0.15) is 88.6 Å². The predicted molar refractivity (Wildman–Crippen MR) is 224 cm³/mol. The number of nitriles is 1. The Hall–Kier alpha value is -5.59. The van der Waals surface area contributed by atoms with Crippen molar-refractivity contribution < 1.29 is 24.0 Å². The highest BCUT2D eigenvalue weighted by Crippen LogP contribution is 2.46. The largest absolute Gasteiger partial charge is 0.371 e. The van der Waals surface area contributed by atoms with Crippen molar-refractivity contribution >= 4 is 58.3 Å². The number of amides is 5. The smallest absolute Gasteiger partial charge is 0.274 e. The quantitative estimate of drug-likeness (QED) is 0.341. The van der Waals surface area contributed by atoms with Gasteiger partial charge in [-0.1, -0.05) is 11.6 Å². The van der Waals surface area contributed by atoms with Crippen molar-refractivity contribution in [2.75, 3.05) is 80.1 Å². The number of fused-ring (bicyclic) bond motifs is 1. The molecule has 1 spiro atoms. The first-order chi connectivity index (χ1) is 29.0. The summed E-state index contributed by atoms with van der Waals surface area (Å²) in [6, 6.07) is 12.6. The number of halogens is 1. The molecule has 5 amide bonds. The number of hydrogen-bond acceptors (Lipinski definition) is 12. The zero-order valence-electron chi connectivity index (χ0n) is 33.8. The van der Waals surface area contributed by atoms with E-state index in [1.165, 1.54) is 0 Å². The monoisotopic (exact) mass is 832 g/mol. The average molecular weight is 833 g/mol. The molecule has 2 atom stereocenters. The van der Waals surface area contributed by atoms with Crippen molar-refractivity contribution in [1.29, 1.82) is 5.26 Å². The lowest BCUT2D eigenvalue weighted by Gasteiger charge is -2.40. The summed E-state index contributed by atoms with van der Waals surface area (Å²) >= 11 is 6.37. The van der Waals surface area contributed by atoms with Crippen LogP contribution in [0.4, 0.5) is 17.2 Å². The lowest BCUT2D eigenvalue weighted by atomic mass is 9.77. The number of piperazine rings is 1. The molecule has 0 aliphatic carbocycles. The Morgan fingerprint density at radius 2 is 1.60 bits per heavy atom. The summed E-state index contributed by atoms with van der Waals surface area (Å²) in [7, 11) is 0. The standard InChI is InChI=1S/C44H49ClN10O5/c1-28-22-44(27-54(28)32-3-2-30(23-46)35(45)21-32)10-14-52(15-11-44)38-25-47-36(24-48-38)43(60)53-18-16-50(17-19-53)26-29-8-12-51(13-9-29)31-4-5-33-34(20-31)42(59)55(41(33)58)37-6-7-39(56)49-40(37)57/h2-5,20-21,24-25,28-29,37H,6-19,22,26-27H2,1H3,(H,49,56,57)/t28-,37?/m0/s1. The fraction of sp³-hybridized carbons (Fsp3) is 0.500. The van der Waals surface area contributed by atoms with Gasteiger partial charge in [0.25, 0.3) is 17.7 Å². The molecule has 3 aromatic rings. The fourth-order valence-electron chi connectivity index (χ4n) is 10.3. The molecule has 1 aromatic heterocycles.